The first-order chi connectivity index (χ1) is 27.7. The lowest BCUT2D eigenvalue weighted by molar-refractivity contribution is 0.664. The molecular formula is C54H56N2. The van der Waals surface area contributed by atoms with E-state index >= 15 is 0 Å². The summed E-state index contributed by atoms with van der Waals surface area (Å²) in [4.78, 5) is 0. The zero-order valence-corrected chi connectivity index (χ0v) is 33.2. The molecule has 0 aliphatic carbocycles. The number of aryl methyl sites for hydroxylation is 2. The minimum Gasteiger partial charge on any atom is -0.356 e. The van der Waals surface area contributed by atoms with Crippen molar-refractivity contribution < 1.29 is 0 Å². The number of nitrogens with one attached hydrogen (secondary N) is 2. The lowest BCUT2D eigenvalue weighted by Gasteiger charge is -2.19. The van der Waals surface area contributed by atoms with E-state index in [1.165, 1.54) is 107 Å². The molecule has 0 aliphatic rings. The normalized spacial score (nSPS) is 11.0. The Morgan fingerprint density at radius 1 is 0.304 bits per heavy atom. The van der Waals surface area contributed by atoms with E-state index in [2.05, 4.69) is 194 Å². The van der Waals surface area contributed by atoms with Crippen LogP contribution >= 0.6 is 0 Å². The number of anilines is 4. The predicted molar refractivity (Wildman–Crippen MR) is 243 cm³/mol. The van der Waals surface area contributed by atoms with Gasteiger partial charge in [-0.1, -0.05) is 174 Å². The average Bonchev–Trinajstić information content (AvgIpc) is 3.26. The van der Waals surface area contributed by atoms with Crippen LogP contribution in [0.15, 0.2) is 170 Å². The SMILES string of the molecule is CCCCCCc1cc(-c2ccc(Nc3ccc(-c4ccccc4)cc3)cc2)c(CCCCCC)cc1-c1ccc(Nc2ccc(-c3ccccc3)cc2)cc1. The van der Waals surface area contributed by atoms with E-state index in [1.807, 2.05) is 0 Å². The number of unbranched alkanes of at least 4 members (excludes halogenated alkanes) is 6. The summed E-state index contributed by atoms with van der Waals surface area (Å²) in [5.41, 5.74) is 17.6. The molecule has 7 aromatic carbocycles. The maximum atomic E-state index is 3.63. The fourth-order valence-corrected chi connectivity index (χ4v) is 7.68. The second-order valence-electron chi connectivity index (χ2n) is 15.1. The molecular weight excluding hydrogens is 677 g/mol. The van der Waals surface area contributed by atoms with Crippen molar-refractivity contribution in [3.63, 3.8) is 0 Å². The molecule has 0 aromatic heterocycles. The van der Waals surface area contributed by atoms with Crippen molar-refractivity contribution in [2.24, 2.45) is 0 Å². The number of benzene rings is 7. The number of rotatable bonds is 18. The Hall–Kier alpha value is -5.86. The summed E-state index contributed by atoms with van der Waals surface area (Å²) in [7, 11) is 0. The van der Waals surface area contributed by atoms with Crippen molar-refractivity contribution in [3.8, 4) is 44.5 Å². The monoisotopic (exact) mass is 732 g/mol. The molecule has 0 spiro atoms. The van der Waals surface area contributed by atoms with Crippen LogP contribution in [-0.2, 0) is 12.8 Å². The van der Waals surface area contributed by atoms with Crippen LogP contribution in [0.2, 0.25) is 0 Å². The molecule has 0 radical (unpaired) electrons. The number of hydrogen-bond acceptors (Lipinski definition) is 2. The largest absolute Gasteiger partial charge is 0.356 e. The van der Waals surface area contributed by atoms with Crippen LogP contribution in [0.1, 0.15) is 76.3 Å². The summed E-state index contributed by atoms with van der Waals surface area (Å²) in [6.07, 6.45) is 12.2. The molecule has 0 saturated carbocycles. The minimum atomic E-state index is 1.09. The van der Waals surface area contributed by atoms with Gasteiger partial charge in [0, 0.05) is 22.7 Å². The predicted octanol–water partition coefficient (Wildman–Crippen LogP) is 16.1. The van der Waals surface area contributed by atoms with Crippen LogP contribution in [-0.4, -0.2) is 0 Å². The molecule has 2 heteroatoms. The van der Waals surface area contributed by atoms with Crippen molar-refractivity contribution in [2.75, 3.05) is 10.6 Å². The minimum absolute atomic E-state index is 1.09. The summed E-state index contributed by atoms with van der Waals surface area (Å²) < 4.78 is 0. The van der Waals surface area contributed by atoms with Crippen molar-refractivity contribution >= 4 is 22.7 Å². The average molecular weight is 733 g/mol. The van der Waals surface area contributed by atoms with Gasteiger partial charge in [-0.3, -0.25) is 0 Å². The lowest BCUT2D eigenvalue weighted by Crippen LogP contribution is -1.99. The fraction of sp³-hybridized carbons (Fsp3) is 0.222. The van der Waals surface area contributed by atoms with Gasteiger partial charge in [0.05, 0.1) is 0 Å². The van der Waals surface area contributed by atoms with Gasteiger partial charge < -0.3 is 10.6 Å². The Balaban J connectivity index is 1.13. The highest BCUT2D eigenvalue weighted by Gasteiger charge is 2.14. The van der Waals surface area contributed by atoms with Crippen LogP contribution < -0.4 is 10.6 Å². The molecule has 0 unspecified atom stereocenters. The Bertz CT molecular complexity index is 2060. The smallest absolute Gasteiger partial charge is 0.0384 e. The van der Waals surface area contributed by atoms with Gasteiger partial charge in [-0.25, -0.2) is 0 Å². The highest BCUT2D eigenvalue weighted by Crippen LogP contribution is 2.36. The molecule has 0 fully saturated rings. The molecule has 0 saturated heterocycles. The maximum absolute atomic E-state index is 3.63. The second kappa shape index (κ2) is 19.6. The summed E-state index contributed by atoms with van der Waals surface area (Å²) in [5.74, 6) is 0. The molecule has 0 heterocycles. The third-order valence-corrected chi connectivity index (χ3v) is 10.9. The summed E-state index contributed by atoms with van der Waals surface area (Å²) in [5, 5.41) is 7.26. The first-order valence-electron chi connectivity index (χ1n) is 20.9. The summed E-state index contributed by atoms with van der Waals surface area (Å²) in [6.45, 7) is 4.59. The van der Waals surface area contributed by atoms with Crippen LogP contribution in [0.5, 0.6) is 0 Å². The Morgan fingerprint density at radius 2 is 0.607 bits per heavy atom. The van der Waals surface area contributed by atoms with Gasteiger partial charge in [0.25, 0.3) is 0 Å². The highest BCUT2D eigenvalue weighted by molar-refractivity contribution is 5.79. The van der Waals surface area contributed by atoms with Crippen LogP contribution in [0.4, 0.5) is 22.7 Å². The van der Waals surface area contributed by atoms with E-state index in [1.54, 1.807) is 0 Å². The first kappa shape index (κ1) is 38.4. The van der Waals surface area contributed by atoms with E-state index in [-0.39, 0.29) is 0 Å². The van der Waals surface area contributed by atoms with Crippen LogP contribution in [0.25, 0.3) is 44.5 Å². The van der Waals surface area contributed by atoms with Gasteiger partial charge in [0.15, 0.2) is 0 Å². The van der Waals surface area contributed by atoms with Gasteiger partial charge >= 0.3 is 0 Å². The molecule has 2 nitrogen and oxygen atoms in total. The Kier molecular flexibility index (Phi) is 13.5. The van der Waals surface area contributed by atoms with Crippen molar-refractivity contribution in [3.05, 3.63) is 181 Å². The topological polar surface area (TPSA) is 24.1 Å². The number of hydrogen-bond donors (Lipinski definition) is 2. The molecule has 7 rings (SSSR count). The van der Waals surface area contributed by atoms with Crippen LogP contribution in [0, 0.1) is 0 Å². The standard InChI is InChI=1S/C54H56N2/c1-3-5-7-11-21-47-39-54(46-29-37-52(38-30-46)56-50-33-25-44(26-34-50)42-19-15-10-16-20-42)48(22-12-8-6-4-2)40-53(47)45-27-35-51(36-28-45)55-49-31-23-43(24-32-49)41-17-13-9-14-18-41/h9-10,13-20,23-40,55-56H,3-8,11-12,21-22H2,1-2H3. The van der Waals surface area contributed by atoms with Crippen LogP contribution in [0.3, 0.4) is 0 Å². The molecule has 0 amide bonds. The molecule has 7 aromatic rings. The van der Waals surface area contributed by atoms with Gasteiger partial charge in [-0.2, -0.15) is 0 Å². The maximum Gasteiger partial charge on any atom is 0.0384 e. The van der Waals surface area contributed by atoms with Gasteiger partial charge in [-0.05, 0) is 130 Å². The van der Waals surface area contributed by atoms with Gasteiger partial charge in [-0.15, -0.1) is 0 Å². The van der Waals surface area contributed by atoms with E-state index in [0.717, 1.165) is 35.6 Å². The summed E-state index contributed by atoms with van der Waals surface area (Å²) in [6, 6.07) is 61.7. The molecule has 282 valence electrons. The Morgan fingerprint density at radius 3 is 0.929 bits per heavy atom. The summed E-state index contributed by atoms with van der Waals surface area (Å²) >= 11 is 0. The highest BCUT2D eigenvalue weighted by atomic mass is 14.9. The molecule has 2 N–H and O–H groups in total. The zero-order chi connectivity index (χ0) is 38.4. The van der Waals surface area contributed by atoms with E-state index in [0.29, 0.717) is 0 Å². The first-order valence-corrected chi connectivity index (χ1v) is 20.9. The van der Waals surface area contributed by atoms with Gasteiger partial charge in [0.1, 0.15) is 0 Å². The van der Waals surface area contributed by atoms with Crippen molar-refractivity contribution in [2.45, 2.75) is 78.1 Å². The quantitative estimate of drug-likeness (QED) is 0.0859. The zero-order valence-electron chi connectivity index (χ0n) is 33.2. The molecule has 0 aliphatic heterocycles. The molecule has 0 atom stereocenters. The van der Waals surface area contributed by atoms with Crippen molar-refractivity contribution in [1.82, 2.24) is 0 Å². The third kappa shape index (κ3) is 10.3. The Labute approximate surface area is 335 Å². The molecule has 0 bridgehead atoms. The fourth-order valence-electron chi connectivity index (χ4n) is 7.68. The molecule has 56 heavy (non-hydrogen) atoms. The second-order valence-corrected chi connectivity index (χ2v) is 15.1. The lowest BCUT2D eigenvalue weighted by atomic mass is 9.87. The third-order valence-electron chi connectivity index (χ3n) is 10.9. The van der Waals surface area contributed by atoms with Crippen molar-refractivity contribution in [1.29, 1.82) is 0 Å². The van der Waals surface area contributed by atoms with E-state index in [9.17, 15) is 0 Å². The van der Waals surface area contributed by atoms with Gasteiger partial charge in [0.2, 0.25) is 0 Å². The van der Waals surface area contributed by atoms with E-state index in [4.69, 9.17) is 0 Å². The van der Waals surface area contributed by atoms with E-state index < -0.39 is 0 Å².